The van der Waals surface area contributed by atoms with Gasteiger partial charge in [-0.2, -0.15) is 5.21 Å². The molecule has 1 heterocycles. The van der Waals surface area contributed by atoms with Gasteiger partial charge in [0.05, 0.1) is 6.54 Å². The lowest BCUT2D eigenvalue weighted by Crippen LogP contribution is -2.21. The summed E-state index contributed by atoms with van der Waals surface area (Å²) in [5, 5.41) is 19.0. The summed E-state index contributed by atoms with van der Waals surface area (Å²) >= 11 is 4.83. The van der Waals surface area contributed by atoms with Crippen LogP contribution >= 0.6 is 12.2 Å². The third kappa shape index (κ3) is 3.52. The van der Waals surface area contributed by atoms with Gasteiger partial charge in [0.15, 0.2) is 6.29 Å². The van der Waals surface area contributed by atoms with Gasteiger partial charge in [-0.15, -0.1) is 0 Å². The number of nitrogens with zero attached hydrogens (tertiary/aromatic N) is 3. The lowest BCUT2D eigenvalue weighted by molar-refractivity contribution is -0.110. The fourth-order valence-corrected chi connectivity index (χ4v) is 1.06. The van der Waals surface area contributed by atoms with Gasteiger partial charge in [0.25, 0.3) is 0 Å². The molecule has 2 N–H and O–H groups in total. The lowest BCUT2D eigenvalue weighted by atomic mass is 10.4. The summed E-state index contributed by atoms with van der Waals surface area (Å²) < 4.78 is 6.88. The Labute approximate surface area is 86.9 Å². The van der Waals surface area contributed by atoms with E-state index in [1.807, 2.05) is 0 Å². The molecule has 0 bridgehead atoms. The van der Waals surface area contributed by atoms with Crippen LogP contribution in [0.2, 0.25) is 0 Å². The third-order valence-electron chi connectivity index (χ3n) is 1.68. The fourth-order valence-electron chi connectivity index (χ4n) is 0.907. The summed E-state index contributed by atoms with van der Waals surface area (Å²) in [6.07, 6.45) is 1.11. The minimum Gasteiger partial charge on any atom is -0.366 e. The summed E-state index contributed by atoms with van der Waals surface area (Å²) in [5.74, 6) is 0. The highest BCUT2D eigenvalue weighted by Crippen LogP contribution is 1.95. The van der Waals surface area contributed by atoms with Crippen LogP contribution in [0.3, 0.4) is 0 Å². The second-order valence-corrected chi connectivity index (χ2v) is 3.24. The number of hydrogen-bond acceptors (Lipinski definition) is 5. The van der Waals surface area contributed by atoms with Crippen molar-refractivity contribution in [3.8, 4) is 0 Å². The first-order chi connectivity index (χ1) is 6.74. The van der Waals surface area contributed by atoms with E-state index in [9.17, 15) is 5.11 Å². The number of aromatic amines is 1. The van der Waals surface area contributed by atoms with E-state index in [1.54, 1.807) is 0 Å². The van der Waals surface area contributed by atoms with Gasteiger partial charge in [0.1, 0.15) is 0 Å². The molecule has 0 aromatic carbocycles. The van der Waals surface area contributed by atoms with Crippen molar-refractivity contribution < 1.29 is 9.84 Å². The molecular formula is C7H14N4O2S. The van der Waals surface area contributed by atoms with E-state index in [1.165, 1.54) is 4.68 Å². The minimum absolute atomic E-state index is 0.232. The first kappa shape index (κ1) is 11.3. The van der Waals surface area contributed by atoms with Crippen LogP contribution in [-0.4, -0.2) is 38.2 Å². The number of tetrazole rings is 1. The molecule has 14 heavy (non-hydrogen) atoms. The molecule has 0 aliphatic heterocycles. The SMILES string of the molecule is CCCCOC(O)Cn1[nH]nnc1=S. The molecule has 1 aromatic rings. The average molecular weight is 218 g/mol. The maximum Gasteiger partial charge on any atom is 0.238 e. The van der Waals surface area contributed by atoms with E-state index in [4.69, 9.17) is 17.0 Å². The van der Waals surface area contributed by atoms with Crippen molar-refractivity contribution in [3.05, 3.63) is 4.77 Å². The Bertz CT molecular complexity index is 311. The first-order valence-corrected chi connectivity index (χ1v) is 4.92. The average Bonchev–Trinajstić information content (AvgIpc) is 2.52. The minimum atomic E-state index is -0.865. The van der Waals surface area contributed by atoms with Gasteiger partial charge >= 0.3 is 0 Å². The lowest BCUT2D eigenvalue weighted by Gasteiger charge is -2.10. The molecule has 0 aliphatic carbocycles. The van der Waals surface area contributed by atoms with Crippen LogP contribution in [0.15, 0.2) is 0 Å². The van der Waals surface area contributed by atoms with Gasteiger partial charge in [-0.05, 0) is 18.6 Å². The fraction of sp³-hybridized carbons (Fsp3) is 0.857. The number of unbranched alkanes of at least 4 members (excludes halogenated alkanes) is 1. The second-order valence-electron chi connectivity index (χ2n) is 2.87. The normalized spacial score (nSPS) is 13.0. The summed E-state index contributed by atoms with van der Waals surface area (Å²) in [4.78, 5) is 0. The molecular weight excluding hydrogens is 204 g/mol. The molecule has 0 spiro atoms. The van der Waals surface area contributed by atoms with Crippen molar-refractivity contribution >= 4 is 12.2 Å². The zero-order valence-electron chi connectivity index (χ0n) is 8.01. The van der Waals surface area contributed by atoms with E-state index in [0.29, 0.717) is 11.4 Å². The maximum atomic E-state index is 9.41. The molecule has 80 valence electrons. The molecule has 1 rings (SSSR count). The number of ether oxygens (including phenoxy) is 1. The zero-order chi connectivity index (χ0) is 10.4. The monoisotopic (exact) mass is 218 g/mol. The van der Waals surface area contributed by atoms with Crippen molar-refractivity contribution in [1.29, 1.82) is 0 Å². The van der Waals surface area contributed by atoms with Crippen molar-refractivity contribution in [2.45, 2.75) is 32.6 Å². The number of nitrogens with one attached hydrogen (secondary N) is 1. The van der Waals surface area contributed by atoms with Crippen LogP contribution in [-0.2, 0) is 11.3 Å². The zero-order valence-corrected chi connectivity index (χ0v) is 8.83. The molecule has 0 amide bonds. The molecule has 1 aromatic heterocycles. The molecule has 0 fully saturated rings. The van der Waals surface area contributed by atoms with Crippen molar-refractivity contribution in [2.24, 2.45) is 0 Å². The Hall–Kier alpha value is -0.790. The van der Waals surface area contributed by atoms with Crippen LogP contribution in [0.5, 0.6) is 0 Å². The molecule has 0 saturated heterocycles. The molecule has 1 unspecified atom stereocenters. The van der Waals surface area contributed by atoms with Crippen LogP contribution in [0.1, 0.15) is 19.8 Å². The third-order valence-corrected chi connectivity index (χ3v) is 1.98. The van der Waals surface area contributed by atoms with E-state index < -0.39 is 6.29 Å². The van der Waals surface area contributed by atoms with Crippen LogP contribution in [0, 0.1) is 4.77 Å². The molecule has 1 atom stereocenters. The van der Waals surface area contributed by atoms with Gasteiger partial charge in [-0.3, -0.25) is 0 Å². The number of hydrogen-bond donors (Lipinski definition) is 2. The van der Waals surface area contributed by atoms with Gasteiger partial charge in [0, 0.05) is 6.61 Å². The van der Waals surface area contributed by atoms with Crippen LogP contribution in [0.4, 0.5) is 0 Å². The van der Waals surface area contributed by atoms with E-state index in [-0.39, 0.29) is 6.54 Å². The highest BCUT2D eigenvalue weighted by Gasteiger charge is 2.06. The number of aliphatic hydroxyl groups excluding tert-OH is 1. The predicted octanol–water partition coefficient (Wildman–Crippen LogP) is 0.471. The van der Waals surface area contributed by atoms with Gasteiger partial charge < -0.3 is 9.84 Å². The number of aromatic nitrogens is 4. The predicted molar refractivity (Wildman–Crippen MR) is 52.1 cm³/mol. The van der Waals surface area contributed by atoms with Crippen molar-refractivity contribution in [2.75, 3.05) is 6.61 Å². The van der Waals surface area contributed by atoms with Crippen molar-refractivity contribution in [1.82, 2.24) is 20.2 Å². The number of rotatable bonds is 6. The van der Waals surface area contributed by atoms with Crippen molar-refractivity contribution in [3.63, 3.8) is 0 Å². The first-order valence-electron chi connectivity index (χ1n) is 4.51. The molecule has 0 radical (unpaired) electrons. The molecule has 6 nitrogen and oxygen atoms in total. The maximum absolute atomic E-state index is 9.41. The second kappa shape index (κ2) is 5.84. The quantitative estimate of drug-likeness (QED) is 0.412. The van der Waals surface area contributed by atoms with E-state index in [2.05, 4.69) is 22.4 Å². The summed E-state index contributed by atoms with van der Waals surface area (Å²) in [6.45, 7) is 2.84. The largest absolute Gasteiger partial charge is 0.366 e. The van der Waals surface area contributed by atoms with Crippen LogP contribution < -0.4 is 0 Å². The summed E-state index contributed by atoms with van der Waals surface area (Å²) in [7, 11) is 0. The highest BCUT2D eigenvalue weighted by atomic mass is 32.1. The van der Waals surface area contributed by atoms with Gasteiger partial charge in [-0.1, -0.05) is 23.7 Å². The topological polar surface area (TPSA) is 76.0 Å². The standard InChI is InChI=1S/C7H14N4O2S/c1-2-3-4-13-6(12)5-11-7(14)8-9-10-11/h6,12H,2-5H2,1H3,(H,8,10,14). The Balaban J connectivity index is 2.30. The Morgan fingerprint density at radius 3 is 3.07 bits per heavy atom. The molecule has 7 heteroatoms. The number of H-pyrrole nitrogens is 1. The molecule has 0 saturated carbocycles. The summed E-state index contributed by atoms with van der Waals surface area (Å²) in [6, 6.07) is 0. The Kier molecular flexibility index (Phi) is 4.71. The smallest absolute Gasteiger partial charge is 0.238 e. The van der Waals surface area contributed by atoms with E-state index >= 15 is 0 Å². The Morgan fingerprint density at radius 1 is 1.71 bits per heavy atom. The highest BCUT2D eigenvalue weighted by molar-refractivity contribution is 7.71. The van der Waals surface area contributed by atoms with E-state index in [0.717, 1.165) is 12.8 Å². The number of aliphatic hydroxyl groups is 1. The summed E-state index contributed by atoms with van der Waals surface area (Å²) in [5.41, 5.74) is 0. The molecule has 0 aliphatic rings. The van der Waals surface area contributed by atoms with Gasteiger partial charge in [-0.25, -0.2) is 4.68 Å². The Morgan fingerprint density at radius 2 is 2.50 bits per heavy atom. The van der Waals surface area contributed by atoms with Crippen LogP contribution in [0.25, 0.3) is 0 Å². The van der Waals surface area contributed by atoms with Gasteiger partial charge in [0.2, 0.25) is 4.77 Å².